The van der Waals surface area contributed by atoms with Gasteiger partial charge in [0.05, 0.1) is 7.11 Å². The molecule has 2 N–H and O–H groups in total. The molecule has 0 aliphatic rings. The smallest absolute Gasteiger partial charge is 0.270 e. The van der Waals surface area contributed by atoms with Gasteiger partial charge >= 0.3 is 0 Å². The van der Waals surface area contributed by atoms with Crippen LogP contribution in [-0.2, 0) is 6.54 Å². The average molecular weight is 362 g/mol. The van der Waals surface area contributed by atoms with Gasteiger partial charge in [0.15, 0.2) is 0 Å². The van der Waals surface area contributed by atoms with Crippen molar-refractivity contribution >= 4 is 17.5 Å². The molecule has 0 saturated carbocycles. The van der Waals surface area contributed by atoms with Gasteiger partial charge in [0.25, 0.3) is 5.91 Å². The summed E-state index contributed by atoms with van der Waals surface area (Å²) in [4.78, 5) is 21.0. The van der Waals surface area contributed by atoms with Crippen molar-refractivity contribution in [2.75, 3.05) is 12.4 Å². The Balaban J connectivity index is 1.68. The largest absolute Gasteiger partial charge is 0.497 e. The third-order valence-electron chi connectivity index (χ3n) is 4.22. The van der Waals surface area contributed by atoms with E-state index in [4.69, 9.17) is 4.74 Å². The molecule has 27 heavy (non-hydrogen) atoms. The molecule has 0 atom stereocenters. The van der Waals surface area contributed by atoms with E-state index in [2.05, 4.69) is 20.6 Å². The lowest BCUT2D eigenvalue weighted by Crippen LogP contribution is -2.24. The lowest BCUT2D eigenvalue weighted by atomic mass is 10.1. The van der Waals surface area contributed by atoms with E-state index < -0.39 is 0 Å². The first-order valence-corrected chi connectivity index (χ1v) is 8.64. The Morgan fingerprint density at radius 3 is 2.41 bits per heavy atom. The van der Waals surface area contributed by atoms with Gasteiger partial charge in [0, 0.05) is 18.4 Å². The molecular weight excluding hydrogens is 340 g/mol. The fourth-order valence-corrected chi connectivity index (χ4v) is 2.69. The van der Waals surface area contributed by atoms with Crippen LogP contribution in [0.5, 0.6) is 5.75 Å². The van der Waals surface area contributed by atoms with Gasteiger partial charge in [-0.3, -0.25) is 4.79 Å². The number of carbonyl (C=O) groups excluding carboxylic acids is 1. The zero-order chi connectivity index (χ0) is 19.2. The summed E-state index contributed by atoms with van der Waals surface area (Å²) < 4.78 is 5.13. The number of aryl methyl sites for hydroxylation is 2. The highest BCUT2D eigenvalue weighted by atomic mass is 16.5. The molecule has 1 aromatic heterocycles. The van der Waals surface area contributed by atoms with Crippen LogP contribution in [0.3, 0.4) is 0 Å². The van der Waals surface area contributed by atoms with Crippen molar-refractivity contribution in [3.05, 3.63) is 77.1 Å². The topological polar surface area (TPSA) is 76.1 Å². The molecule has 6 heteroatoms. The van der Waals surface area contributed by atoms with Gasteiger partial charge in [-0.2, -0.15) is 0 Å². The van der Waals surface area contributed by atoms with Gasteiger partial charge in [0.2, 0.25) is 5.95 Å². The summed E-state index contributed by atoms with van der Waals surface area (Å²) in [5.41, 5.74) is 4.42. The first kappa shape index (κ1) is 18.4. The Morgan fingerprint density at radius 2 is 1.74 bits per heavy atom. The van der Waals surface area contributed by atoms with Crippen molar-refractivity contribution in [3.63, 3.8) is 0 Å². The fraction of sp³-hybridized carbons (Fsp3) is 0.190. The predicted molar refractivity (Wildman–Crippen MR) is 105 cm³/mol. The number of hydrogen-bond donors (Lipinski definition) is 2. The van der Waals surface area contributed by atoms with E-state index in [1.165, 1.54) is 0 Å². The van der Waals surface area contributed by atoms with Gasteiger partial charge in [0.1, 0.15) is 11.4 Å². The summed E-state index contributed by atoms with van der Waals surface area (Å²) in [6, 6.07) is 15.2. The number of benzene rings is 2. The highest BCUT2D eigenvalue weighted by Gasteiger charge is 2.10. The predicted octanol–water partition coefficient (Wildman–Crippen LogP) is 3.78. The number of rotatable bonds is 6. The van der Waals surface area contributed by atoms with E-state index in [0.29, 0.717) is 18.2 Å². The van der Waals surface area contributed by atoms with Crippen LogP contribution in [0.4, 0.5) is 11.6 Å². The molecule has 0 aliphatic carbocycles. The highest BCUT2D eigenvalue weighted by Crippen LogP contribution is 2.22. The summed E-state index contributed by atoms with van der Waals surface area (Å²) in [5, 5.41) is 6.07. The second kappa shape index (κ2) is 8.31. The molecule has 0 radical (unpaired) electrons. The Bertz CT molecular complexity index is 919. The van der Waals surface area contributed by atoms with Crippen LogP contribution in [0.25, 0.3) is 0 Å². The number of nitrogens with one attached hydrogen (secondary N) is 2. The number of nitrogens with zero attached hydrogens (tertiary/aromatic N) is 2. The van der Waals surface area contributed by atoms with Crippen molar-refractivity contribution in [1.82, 2.24) is 15.3 Å². The van der Waals surface area contributed by atoms with Crippen LogP contribution in [0, 0.1) is 13.8 Å². The molecule has 0 spiro atoms. The third-order valence-corrected chi connectivity index (χ3v) is 4.22. The normalized spacial score (nSPS) is 10.3. The zero-order valence-electron chi connectivity index (χ0n) is 15.6. The lowest BCUT2D eigenvalue weighted by molar-refractivity contribution is 0.0946. The van der Waals surface area contributed by atoms with E-state index in [-0.39, 0.29) is 5.91 Å². The molecule has 0 aliphatic heterocycles. The Labute approximate surface area is 158 Å². The van der Waals surface area contributed by atoms with Gasteiger partial charge in [-0.15, -0.1) is 0 Å². The van der Waals surface area contributed by atoms with Crippen molar-refractivity contribution < 1.29 is 9.53 Å². The van der Waals surface area contributed by atoms with Crippen LogP contribution in [0.2, 0.25) is 0 Å². The monoisotopic (exact) mass is 362 g/mol. The molecule has 2 aromatic carbocycles. The van der Waals surface area contributed by atoms with Crippen molar-refractivity contribution in [1.29, 1.82) is 0 Å². The summed E-state index contributed by atoms with van der Waals surface area (Å²) in [7, 11) is 1.62. The van der Waals surface area contributed by atoms with E-state index in [0.717, 1.165) is 28.1 Å². The van der Waals surface area contributed by atoms with E-state index in [1.54, 1.807) is 19.4 Å². The summed E-state index contributed by atoms with van der Waals surface area (Å²) in [6.45, 7) is 4.44. The number of hydrogen-bond acceptors (Lipinski definition) is 5. The number of carbonyl (C=O) groups is 1. The quantitative estimate of drug-likeness (QED) is 0.698. The second-order valence-electron chi connectivity index (χ2n) is 6.19. The number of anilines is 2. The average Bonchev–Trinajstić information content (AvgIpc) is 2.69. The zero-order valence-corrected chi connectivity index (χ0v) is 15.6. The Hall–Kier alpha value is -3.41. The molecule has 3 aromatic rings. The molecule has 6 nitrogen and oxygen atoms in total. The lowest BCUT2D eigenvalue weighted by Gasteiger charge is -2.12. The minimum absolute atomic E-state index is 0.252. The minimum Gasteiger partial charge on any atom is -0.497 e. The maximum atomic E-state index is 12.4. The first-order valence-electron chi connectivity index (χ1n) is 8.64. The molecule has 0 saturated heterocycles. The molecule has 3 rings (SSSR count). The van der Waals surface area contributed by atoms with Crippen LogP contribution in [0.1, 0.15) is 27.2 Å². The summed E-state index contributed by atoms with van der Waals surface area (Å²) in [6.07, 6.45) is 1.57. The molecule has 1 heterocycles. The number of para-hydroxylation sites is 1. The van der Waals surface area contributed by atoms with Crippen LogP contribution >= 0.6 is 0 Å². The molecule has 138 valence electrons. The molecular formula is C21H22N4O2. The first-order chi connectivity index (χ1) is 13.1. The van der Waals surface area contributed by atoms with Gasteiger partial charge < -0.3 is 15.4 Å². The van der Waals surface area contributed by atoms with Crippen LogP contribution in [0.15, 0.2) is 54.7 Å². The standard InChI is InChI=1S/C21H22N4O2/c1-14-5-4-6-15(2)19(14)25-21-22-12-11-18(24-21)20(26)23-13-16-7-9-17(27-3)10-8-16/h4-12H,13H2,1-3H3,(H,23,26)(H,22,24,25). The van der Waals surface area contributed by atoms with Crippen molar-refractivity contribution in [2.45, 2.75) is 20.4 Å². The number of ether oxygens (including phenoxy) is 1. The van der Waals surface area contributed by atoms with E-state index in [9.17, 15) is 4.79 Å². The van der Waals surface area contributed by atoms with Crippen molar-refractivity contribution in [2.24, 2.45) is 0 Å². The summed E-state index contributed by atoms with van der Waals surface area (Å²) in [5.74, 6) is 0.922. The number of methoxy groups -OCH3 is 1. The molecule has 0 fully saturated rings. The van der Waals surface area contributed by atoms with Crippen LogP contribution < -0.4 is 15.4 Å². The summed E-state index contributed by atoms with van der Waals surface area (Å²) >= 11 is 0. The SMILES string of the molecule is COc1ccc(CNC(=O)c2ccnc(Nc3c(C)cccc3C)n2)cc1. The minimum atomic E-state index is -0.252. The Kier molecular flexibility index (Phi) is 5.66. The van der Waals surface area contributed by atoms with Crippen LogP contribution in [-0.4, -0.2) is 23.0 Å². The van der Waals surface area contributed by atoms with Gasteiger partial charge in [-0.05, 0) is 48.7 Å². The molecule has 1 amide bonds. The van der Waals surface area contributed by atoms with Gasteiger partial charge in [-0.25, -0.2) is 9.97 Å². The number of aromatic nitrogens is 2. The van der Waals surface area contributed by atoms with Crippen molar-refractivity contribution in [3.8, 4) is 5.75 Å². The van der Waals surface area contributed by atoms with E-state index in [1.807, 2.05) is 56.3 Å². The van der Waals surface area contributed by atoms with Gasteiger partial charge in [-0.1, -0.05) is 30.3 Å². The maximum Gasteiger partial charge on any atom is 0.270 e. The highest BCUT2D eigenvalue weighted by molar-refractivity contribution is 5.92. The fourth-order valence-electron chi connectivity index (χ4n) is 2.69. The molecule has 0 unspecified atom stereocenters. The molecule has 0 bridgehead atoms. The van der Waals surface area contributed by atoms with E-state index >= 15 is 0 Å². The maximum absolute atomic E-state index is 12.4. The number of amides is 1. The second-order valence-corrected chi connectivity index (χ2v) is 6.19. The Morgan fingerprint density at radius 1 is 1.04 bits per heavy atom. The third kappa shape index (κ3) is 4.61.